The molecule has 1 atom stereocenters. The van der Waals surface area contributed by atoms with E-state index in [4.69, 9.17) is 14.0 Å². The highest BCUT2D eigenvalue weighted by Crippen LogP contribution is 2.40. The summed E-state index contributed by atoms with van der Waals surface area (Å²) in [6.07, 6.45) is 4.10. The van der Waals surface area contributed by atoms with Gasteiger partial charge in [-0.15, -0.1) is 0 Å². The molecule has 2 aromatic carbocycles. The van der Waals surface area contributed by atoms with Crippen LogP contribution in [0.15, 0.2) is 40.9 Å². The Morgan fingerprint density at radius 1 is 1.15 bits per heavy atom. The Bertz CT molecular complexity index is 1120. The normalized spacial score (nSPS) is 14.7. The molecule has 1 aliphatic rings. The zero-order valence-corrected chi connectivity index (χ0v) is 19.6. The van der Waals surface area contributed by atoms with E-state index in [2.05, 4.69) is 16.2 Å². The molecule has 1 amide bonds. The highest BCUT2D eigenvalue weighted by Gasteiger charge is 2.28. The van der Waals surface area contributed by atoms with Crippen LogP contribution in [0.4, 0.5) is 0 Å². The third kappa shape index (κ3) is 5.02. The molecule has 0 bridgehead atoms. The maximum Gasteiger partial charge on any atom is 0.231 e. The lowest BCUT2D eigenvalue weighted by molar-refractivity contribution is -0.125. The Balaban J connectivity index is 1.54. The smallest absolute Gasteiger partial charge is 0.231 e. The Morgan fingerprint density at radius 3 is 2.70 bits per heavy atom. The van der Waals surface area contributed by atoms with Gasteiger partial charge in [0.1, 0.15) is 0 Å². The quantitative estimate of drug-likeness (QED) is 0.481. The highest BCUT2D eigenvalue weighted by molar-refractivity contribution is 5.86. The van der Waals surface area contributed by atoms with Crippen LogP contribution in [-0.4, -0.2) is 48.3 Å². The molecule has 0 unspecified atom stereocenters. The second-order valence-corrected chi connectivity index (χ2v) is 8.25. The number of benzene rings is 2. The first kappa shape index (κ1) is 22.8. The van der Waals surface area contributed by atoms with Gasteiger partial charge in [0.05, 0.1) is 26.1 Å². The number of ether oxygens (including phenoxy) is 2. The van der Waals surface area contributed by atoms with Gasteiger partial charge in [-0.3, -0.25) is 4.79 Å². The second kappa shape index (κ2) is 10.1. The van der Waals surface area contributed by atoms with Crippen molar-refractivity contribution in [3.63, 3.8) is 0 Å². The fourth-order valence-corrected chi connectivity index (χ4v) is 4.21. The zero-order valence-electron chi connectivity index (χ0n) is 19.6. The van der Waals surface area contributed by atoms with Crippen LogP contribution in [0.1, 0.15) is 48.8 Å². The van der Waals surface area contributed by atoms with Gasteiger partial charge in [-0.25, -0.2) is 0 Å². The Hall–Kier alpha value is -3.35. The van der Waals surface area contributed by atoms with E-state index in [0.29, 0.717) is 37.1 Å². The van der Waals surface area contributed by atoms with Crippen molar-refractivity contribution < 1.29 is 18.8 Å². The zero-order chi connectivity index (χ0) is 23.4. The number of hydrogen-bond donors (Lipinski definition) is 0. The molecule has 0 aliphatic heterocycles. The number of aromatic nitrogens is 2. The fraction of sp³-hybridized carbons (Fsp3) is 0.385. The number of hydrogen-bond acceptors (Lipinski definition) is 6. The lowest BCUT2D eigenvalue weighted by atomic mass is 9.95. The monoisotopic (exact) mass is 448 g/mol. The van der Waals surface area contributed by atoms with Crippen molar-refractivity contribution in [1.29, 1.82) is 0 Å². The highest BCUT2D eigenvalue weighted by atomic mass is 16.5. The molecule has 1 radical (unpaired) electrons. The molecule has 1 heterocycles. The van der Waals surface area contributed by atoms with Crippen LogP contribution in [0.2, 0.25) is 0 Å². The van der Waals surface area contributed by atoms with E-state index in [1.165, 1.54) is 11.1 Å². The molecule has 1 aliphatic carbocycles. The molecule has 33 heavy (non-hydrogen) atoms. The summed E-state index contributed by atoms with van der Waals surface area (Å²) >= 11 is 0. The maximum atomic E-state index is 12.2. The Labute approximate surface area is 194 Å². The summed E-state index contributed by atoms with van der Waals surface area (Å²) in [6, 6.07) is 12.0. The molecule has 0 saturated carbocycles. The predicted molar refractivity (Wildman–Crippen MR) is 125 cm³/mol. The van der Waals surface area contributed by atoms with E-state index in [0.717, 1.165) is 29.7 Å². The molecule has 7 nitrogen and oxygen atoms in total. The molecule has 7 heteroatoms. The van der Waals surface area contributed by atoms with Crippen molar-refractivity contribution in [2.45, 2.75) is 39.0 Å². The van der Waals surface area contributed by atoms with Gasteiger partial charge in [0.15, 0.2) is 11.5 Å². The van der Waals surface area contributed by atoms with Gasteiger partial charge in [0.2, 0.25) is 17.6 Å². The van der Waals surface area contributed by atoms with Crippen molar-refractivity contribution in [3.8, 4) is 22.9 Å². The van der Waals surface area contributed by atoms with E-state index < -0.39 is 0 Å². The van der Waals surface area contributed by atoms with Gasteiger partial charge < -0.3 is 18.9 Å². The molecular weight excluding hydrogens is 418 g/mol. The first-order valence-electron chi connectivity index (χ1n) is 11.4. The van der Waals surface area contributed by atoms with E-state index in [1.54, 1.807) is 25.4 Å². The van der Waals surface area contributed by atoms with Crippen molar-refractivity contribution in [1.82, 2.24) is 15.0 Å². The Kier molecular flexibility index (Phi) is 6.96. The summed E-state index contributed by atoms with van der Waals surface area (Å²) < 4.78 is 16.9. The van der Waals surface area contributed by atoms with Crippen molar-refractivity contribution in [2.24, 2.45) is 0 Å². The van der Waals surface area contributed by atoms with Crippen LogP contribution >= 0.6 is 0 Å². The average molecular weight is 449 g/mol. The summed E-state index contributed by atoms with van der Waals surface area (Å²) in [7, 11) is 3.54. The minimum absolute atomic E-state index is 0.0295. The molecule has 3 aromatic rings. The van der Waals surface area contributed by atoms with Crippen LogP contribution < -0.4 is 9.47 Å². The summed E-state index contributed by atoms with van der Waals surface area (Å²) in [6.45, 7) is 5.04. The molecule has 0 fully saturated rings. The SMILES string of the molecule is CCOc1ccc(Cc2nc(-c3cccc4c3CC[C@@H]4[CH]C(=O)N(C)C)no2)cc1OCC. The van der Waals surface area contributed by atoms with Gasteiger partial charge in [-0.05, 0) is 61.4 Å². The number of fused-ring (bicyclic) bond motifs is 1. The summed E-state index contributed by atoms with van der Waals surface area (Å²) in [4.78, 5) is 18.4. The summed E-state index contributed by atoms with van der Waals surface area (Å²) in [5, 5.41) is 4.25. The first-order chi connectivity index (χ1) is 16.0. The van der Waals surface area contributed by atoms with E-state index in [-0.39, 0.29) is 11.8 Å². The summed E-state index contributed by atoms with van der Waals surface area (Å²) in [5.41, 5.74) is 4.34. The van der Waals surface area contributed by atoms with Crippen molar-refractivity contribution in [3.05, 3.63) is 65.4 Å². The minimum Gasteiger partial charge on any atom is -0.490 e. The minimum atomic E-state index is 0.0295. The van der Waals surface area contributed by atoms with E-state index in [9.17, 15) is 4.79 Å². The maximum absolute atomic E-state index is 12.2. The molecule has 173 valence electrons. The molecule has 1 aromatic heterocycles. The van der Waals surface area contributed by atoms with Crippen LogP contribution in [0.3, 0.4) is 0 Å². The predicted octanol–water partition coefficient (Wildman–Crippen LogP) is 4.45. The first-order valence-corrected chi connectivity index (χ1v) is 11.4. The third-order valence-corrected chi connectivity index (χ3v) is 5.77. The van der Waals surface area contributed by atoms with Crippen molar-refractivity contribution >= 4 is 5.91 Å². The van der Waals surface area contributed by atoms with Gasteiger partial charge in [-0.1, -0.05) is 29.4 Å². The van der Waals surface area contributed by atoms with Crippen LogP contribution in [0.25, 0.3) is 11.4 Å². The Morgan fingerprint density at radius 2 is 1.94 bits per heavy atom. The van der Waals surface area contributed by atoms with Crippen LogP contribution in [0, 0.1) is 6.42 Å². The van der Waals surface area contributed by atoms with Crippen LogP contribution in [-0.2, 0) is 17.6 Å². The molecule has 0 N–H and O–H groups in total. The average Bonchev–Trinajstić information content (AvgIpc) is 3.43. The number of nitrogens with zero attached hydrogens (tertiary/aromatic N) is 3. The van der Waals surface area contributed by atoms with Crippen molar-refractivity contribution in [2.75, 3.05) is 27.3 Å². The topological polar surface area (TPSA) is 77.7 Å². The summed E-state index contributed by atoms with van der Waals surface area (Å²) in [5.74, 6) is 2.71. The second-order valence-electron chi connectivity index (χ2n) is 8.25. The number of amides is 1. The molecular formula is C26H30N3O4. The standard InChI is InChI=1S/C26H30N3O4/c1-5-31-22-13-10-17(14-23(22)32-6-2)15-24-27-26(28-33-24)21-9-7-8-19-18(11-12-20(19)21)16-25(30)29(3)4/h7-10,13-14,16,18H,5-6,11-12,15H2,1-4H3/t18-/m1/s1. The molecule has 0 spiro atoms. The van der Waals surface area contributed by atoms with Gasteiger partial charge in [0, 0.05) is 19.7 Å². The van der Waals surface area contributed by atoms with Crippen LogP contribution in [0.5, 0.6) is 11.5 Å². The lowest BCUT2D eigenvalue weighted by Crippen LogP contribution is -2.23. The van der Waals surface area contributed by atoms with Gasteiger partial charge in [-0.2, -0.15) is 4.98 Å². The number of carbonyl (C=O) groups excluding carboxylic acids is 1. The van der Waals surface area contributed by atoms with Gasteiger partial charge >= 0.3 is 0 Å². The third-order valence-electron chi connectivity index (χ3n) is 5.77. The molecule has 0 saturated heterocycles. The van der Waals surface area contributed by atoms with Gasteiger partial charge in [0.25, 0.3) is 0 Å². The lowest BCUT2D eigenvalue weighted by Gasteiger charge is -2.15. The number of carbonyl (C=O) groups is 1. The van der Waals surface area contributed by atoms with E-state index >= 15 is 0 Å². The van der Waals surface area contributed by atoms with E-state index in [1.807, 2.05) is 44.2 Å². The molecule has 4 rings (SSSR count). The fourth-order valence-electron chi connectivity index (χ4n) is 4.21. The largest absolute Gasteiger partial charge is 0.490 e. The number of rotatable bonds is 9.